The van der Waals surface area contributed by atoms with Crippen LogP contribution in [0.4, 0.5) is 5.82 Å². The number of nitrogens with zero attached hydrogens (tertiary/aromatic N) is 2. The first-order valence-corrected chi connectivity index (χ1v) is 5.13. The molecule has 1 aromatic rings. The van der Waals surface area contributed by atoms with Gasteiger partial charge < -0.3 is 10.1 Å². The van der Waals surface area contributed by atoms with Crippen molar-refractivity contribution in [3.8, 4) is 0 Å². The lowest BCUT2D eigenvalue weighted by Gasteiger charge is -2.16. The Hall–Kier alpha value is -1.46. The fourth-order valence-electron chi connectivity index (χ4n) is 1.17. The summed E-state index contributed by atoms with van der Waals surface area (Å²) in [5.41, 5.74) is 0. The number of carbonyl (C=O) groups excluding carboxylic acids is 1. The van der Waals surface area contributed by atoms with Gasteiger partial charge in [0.05, 0.1) is 13.2 Å². The predicted octanol–water partition coefficient (Wildman–Crippen LogP) is 0.280. The summed E-state index contributed by atoms with van der Waals surface area (Å²) in [5, 5.41) is 2.99. The third kappa shape index (κ3) is 3.96. The molecular weight excluding hydrogens is 206 g/mol. The van der Waals surface area contributed by atoms with Gasteiger partial charge in [0.1, 0.15) is 5.82 Å². The molecule has 0 saturated heterocycles. The third-order valence-corrected chi connectivity index (χ3v) is 2.13. The van der Waals surface area contributed by atoms with Crippen LogP contribution in [-0.2, 0) is 9.53 Å². The van der Waals surface area contributed by atoms with Crippen LogP contribution in [0.5, 0.6) is 0 Å². The Balaban J connectivity index is 2.37. The highest BCUT2D eigenvalue weighted by Crippen LogP contribution is 2.05. The van der Waals surface area contributed by atoms with Gasteiger partial charge in [0, 0.05) is 26.9 Å². The van der Waals surface area contributed by atoms with E-state index < -0.39 is 0 Å². The Bertz CT molecular complexity index is 316. The number of amides is 1. The highest BCUT2D eigenvalue weighted by molar-refractivity contribution is 5.93. The number of aromatic nitrogens is 1. The lowest BCUT2D eigenvalue weighted by molar-refractivity contribution is -0.117. The van der Waals surface area contributed by atoms with Crippen LogP contribution in [0, 0.1) is 0 Å². The summed E-state index contributed by atoms with van der Waals surface area (Å²) in [7, 11) is 3.34. The predicted molar refractivity (Wildman–Crippen MR) is 62.4 cm³/mol. The van der Waals surface area contributed by atoms with Crippen LogP contribution >= 0.6 is 0 Å². The Morgan fingerprint density at radius 2 is 2.38 bits per heavy atom. The SMILES string of the molecule is COCCNCC(=O)N(C)c1ccccn1. The van der Waals surface area contributed by atoms with Crippen LogP contribution in [0.2, 0.25) is 0 Å². The Kier molecular flexibility index (Phi) is 5.45. The van der Waals surface area contributed by atoms with Crippen LogP contribution in [0.15, 0.2) is 24.4 Å². The molecule has 0 spiro atoms. The van der Waals surface area contributed by atoms with Crippen molar-refractivity contribution in [1.29, 1.82) is 0 Å². The quantitative estimate of drug-likeness (QED) is 0.704. The first-order valence-electron chi connectivity index (χ1n) is 5.13. The molecule has 16 heavy (non-hydrogen) atoms. The number of carbonyl (C=O) groups is 1. The van der Waals surface area contributed by atoms with Gasteiger partial charge in [-0.05, 0) is 12.1 Å². The van der Waals surface area contributed by atoms with Crippen LogP contribution in [0.1, 0.15) is 0 Å². The number of anilines is 1. The summed E-state index contributed by atoms with van der Waals surface area (Å²) in [6, 6.07) is 5.47. The lowest BCUT2D eigenvalue weighted by atomic mass is 10.4. The Morgan fingerprint density at radius 1 is 1.56 bits per heavy atom. The molecule has 0 aliphatic carbocycles. The van der Waals surface area contributed by atoms with Gasteiger partial charge in [0.15, 0.2) is 0 Å². The Labute approximate surface area is 95.4 Å². The molecule has 88 valence electrons. The molecule has 1 amide bonds. The molecule has 1 heterocycles. The molecule has 5 nitrogen and oxygen atoms in total. The largest absolute Gasteiger partial charge is 0.383 e. The molecule has 1 aromatic heterocycles. The van der Waals surface area contributed by atoms with Gasteiger partial charge in [-0.2, -0.15) is 0 Å². The fraction of sp³-hybridized carbons (Fsp3) is 0.455. The van der Waals surface area contributed by atoms with Crippen molar-refractivity contribution in [2.45, 2.75) is 0 Å². The van der Waals surface area contributed by atoms with Crippen molar-refractivity contribution in [2.75, 3.05) is 38.8 Å². The minimum Gasteiger partial charge on any atom is -0.383 e. The molecule has 5 heteroatoms. The van der Waals surface area contributed by atoms with Gasteiger partial charge in [-0.15, -0.1) is 0 Å². The van der Waals surface area contributed by atoms with Gasteiger partial charge in [0.2, 0.25) is 5.91 Å². The number of rotatable bonds is 6. The monoisotopic (exact) mass is 223 g/mol. The van der Waals surface area contributed by atoms with E-state index in [2.05, 4.69) is 10.3 Å². The van der Waals surface area contributed by atoms with E-state index in [9.17, 15) is 4.79 Å². The van der Waals surface area contributed by atoms with Gasteiger partial charge in [-0.1, -0.05) is 6.07 Å². The minimum atomic E-state index is -0.0187. The molecule has 0 radical (unpaired) electrons. The number of methoxy groups -OCH3 is 1. The second kappa shape index (κ2) is 6.92. The normalized spacial score (nSPS) is 10.1. The average Bonchev–Trinajstić information content (AvgIpc) is 2.34. The standard InChI is InChI=1S/C11H17N3O2/c1-14(10-5-3-4-6-13-10)11(15)9-12-7-8-16-2/h3-6,12H,7-9H2,1-2H3. The highest BCUT2D eigenvalue weighted by Gasteiger charge is 2.10. The van der Waals surface area contributed by atoms with Crippen LogP contribution in [0.3, 0.4) is 0 Å². The van der Waals surface area contributed by atoms with E-state index in [0.29, 0.717) is 19.0 Å². The smallest absolute Gasteiger partial charge is 0.241 e. The van der Waals surface area contributed by atoms with Crippen molar-refractivity contribution in [2.24, 2.45) is 0 Å². The summed E-state index contributed by atoms with van der Waals surface area (Å²) < 4.78 is 4.87. The molecule has 0 fully saturated rings. The fourth-order valence-corrected chi connectivity index (χ4v) is 1.17. The molecule has 0 saturated carbocycles. The lowest BCUT2D eigenvalue weighted by Crippen LogP contribution is -2.37. The molecule has 1 N–H and O–H groups in total. The summed E-state index contributed by atoms with van der Waals surface area (Å²) in [6.45, 7) is 1.55. The van der Waals surface area contributed by atoms with Crippen LogP contribution in [-0.4, -0.2) is 44.7 Å². The van der Waals surface area contributed by atoms with Gasteiger partial charge >= 0.3 is 0 Å². The maximum atomic E-state index is 11.7. The van der Waals surface area contributed by atoms with Crippen molar-refractivity contribution in [3.63, 3.8) is 0 Å². The van der Waals surface area contributed by atoms with E-state index in [1.165, 1.54) is 4.90 Å². The molecule has 0 bridgehead atoms. The van der Waals surface area contributed by atoms with E-state index >= 15 is 0 Å². The minimum absolute atomic E-state index is 0.0187. The van der Waals surface area contributed by atoms with Gasteiger partial charge in [-0.3, -0.25) is 9.69 Å². The maximum absolute atomic E-state index is 11.7. The molecule has 0 unspecified atom stereocenters. The number of pyridine rings is 1. The molecule has 0 aromatic carbocycles. The maximum Gasteiger partial charge on any atom is 0.241 e. The van der Waals surface area contributed by atoms with Gasteiger partial charge in [0.25, 0.3) is 0 Å². The second-order valence-electron chi connectivity index (χ2n) is 3.31. The number of hydrogen-bond acceptors (Lipinski definition) is 4. The van der Waals surface area contributed by atoms with E-state index in [-0.39, 0.29) is 12.5 Å². The van der Waals surface area contributed by atoms with E-state index in [4.69, 9.17) is 4.74 Å². The Morgan fingerprint density at radius 3 is 3.00 bits per heavy atom. The van der Waals surface area contributed by atoms with E-state index in [1.807, 2.05) is 12.1 Å². The number of hydrogen-bond donors (Lipinski definition) is 1. The zero-order chi connectivity index (χ0) is 11.8. The van der Waals surface area contributed by atoms with Crippen LogP contribution < -0.4 is 10.2 Å². The number of nitrogens with one attached hydrogen (secondary N) is 1. The molecule has 0 aliphatic rings. The summed E-state index contributed by atoms with van der Waals surface area (Å²) >= 11 is 0. The highest BCUT2D eigenvalue weighted by atomic mass is 16.5. The molecule has 0 atom stereocenters. The average molecular weight is 223 g/mol. The zero-order valence-electron chi connectivity index (χ0n) is 9.64. The summed E-state index contributed by atoms with van der Waals surface area (Å²) in [5.74, 6) is 0.635. The van der Waals surface area contributed by atoms with Crippen molar-refractivity contribution < 1.29 is 9.53 Å². The summed E-state index contributed by atoms with van der Waals surface area (Å²) in [4.78, 5) is 17.3. The molecule has 0 aliphatic heterocycles. The first-order chi connectivity index (χ1) is 7.75. The molecule has 1 rings (SSSR count). The van der Waals surface area contributed by atoms with Crippen molar-refractivity contribution >= 4 is 11.7 Å². The summed E-state index contributed by atoms with van der Waals surface area (Å²) in [6.07, 6.45) is 1.66. The molecular formula is C11H17N3O2. The first kappa shape index (κ1) is 12.6. The third-order valence-electron chi connectivity index (χ3n) is 2.13. The van der Waals surface area contributed by atoms with Crippen molar-refractivity contribution in [1.82, 2.24) is 10.3 Å². The zero-order valence-corrected chi connectivity index (χ0v) is 9.64. The second-order valence-corrected chi connectivity index (χ2v) is 3.31. The van der Waals surface area contributed by atoms with Crippen molar-refractivity contribution in [3.05, 3.63) is 24.4 Å². The van der Waals surface area contributed by atoms with E-state index in [1.54, 1.807) is 26.4 Å². The number of likely N-dealkylation sites (N-methyl/N-ethyl adjacent to an activating group) is 1. The number of ether oxygens (including phenoxy) is 1. The van der Waals surface area contributed by atoms with Crippen LogP contribution in [0.25, 0.3) is 0 Å². The van der Waals surface area contributed by atoms with Gasteiger partial charge in [-0.25, -0.2) is 4.98 Å². The topological polar surface area (TPSA) is 54.5 Å². The van der Waals surface area contributed by atoms with E-state index in [0.717, 1.165) is 0 Å².